The van der Waals surface area contributed by atoms with Crippen LogP contribution in [0.2, 0.25) is 0 Å². The molecule has 0 spiro atoms. The lowest BCUT2D eigenvalue weighted by atomic mass is 10.0. The van der Waals surface area contributed by atoms with Gasteiger partial charge in [-0.15, -0.1) is 11.3 Å². The van der Waals surface area contributed by atoms with Gasteiger partial charge in [0.2, 0.25) is 5.91 Å². The fourth-order valence-corrected chi connectivity index (χ4v) is 5.08. The van der Waals surface area contributed by atoms with Gasteiger partial charge in [0.05, 0.1) is 18.2 Å². The summed E-state index contributed by atoms with van der Waals surface area (Å²) < 4.78 is 25.0. The highest BCUT2D eigenvalue weighted by molar-refractivity contribution is 9.10. The first kappa shape index (κ1) is 25.9. The maximum absolute atomic E-state index is 13.4. The van der Waals surface area contributed by atoms with Crippen molar-refractivity contribution in [1.29, 1.82) is 0 Å². The number of amides is 1. The van der Waals surface area contributed by atoms with Gasteiger partial charge in [-0.05, 0) is 70.6 Å². The number of carbonyl (C=O) groups excluding carboxylic acids is 2. The molecule has 1 N–H and O–H groups in total. The number of aryl methyl sites for hydroxylation is 1. The van der Waals surface area contributed by atoms with Gasteiger partial charge in [0, 0.05) is 16.9 Å². The second-order valence-electron chi connectivity index (χ2n) is 8.08. The van der Waals surface area contributed by atoms with E-state index in [9.17, 15) is 14.0 Å². The fourth-order valence-electron chi connectivity index (χ4n) is 3.49. The molecule has 0 saturated carbocycles. The summed E-state index contributed by atoms with van der Waals surface area (Å²) in [6.45, 7) is 6.48. The third-order valence-electron chi connectivity index (χ3n) is 5.29. The summed E-state index contributed by atoms with van der Waals surface area (Å²) >= 11 is 4.82. The number of esters is 1. The highest BCUT2D eigenvalue weighted by Gasteiger charge is 2.25. The zero-order chi connectivity index (χ0) is 24.8. The molecule has 3 rings (SSSR count). The number of hydrogen-bond donors (Lipinski definition) is 1. The maximum atomic E-state index is 13.4. The monoisotopic (exact) mass is 547 g/mol. The number of carbonyl (C=O) groups is 2. The second-order valence-corrected chi connectivity index (χ2v) is 10.2. The van der Waals surface area contributed by atoms with E-state index in [1.165, 1.54) is 36.1 Å². The Hall–Kier alpha value is -2.71. The van der Waals surface area contributed by atoms with Crippen LogP contribution in [-0.2, 0) is 9.53 Å². The predicted molar refractivity (Wildman–Crippen MR) is 137 cm³/mol. The first-order valence-corrected chi connectivity index (χ1v) is 12.5. The first-order chi connectivity index (χ1) is 16.2. The standard InChI is InChI=1S/C26H27BrFNO4S/c1-15(2)18-9-12-21(20(27)14-18)33-13-5-6-22(30)29-25-24(26(31)32-4)23(16(3)34-25)17-7-10-19(28)11-8-17/h7-12,14-15H,5-6,13H2,1-4H3,(H,29,30). The lowest BCUT2D eigenvalue weighted by Crippen LogP contribution is -2.15. The minimum absolute atomic E-state index is 0.227. The van der Waals surface area contributed by atoms with E-state index in [0.717, 1.165) is 15.1 Å². The average Bonchev–Trinajstić information content (AvgIpc) is 3.12. The molecule has 0 aliphatic carbocycles. The number of ether oxygens (including phenoxy) is 2. The summed E-state index contributed by atoms with van der Waals surface area (Å²) in [5.41, 5.74) is 2.80. The van der Waals surface area contributed by atoms with Crippen LogP contribution in [0, 0.1) is 12.7 Å². The lowest BCUT2D eigenvalue weighted by Gasteiger charge is -2.11. The van der Waals surface area contributed by atoms with Crippen molar-refractivity contribution in [2.75, 3.05) is 19.0 Å². The largest absolute Gasteiger partial charge is 0.492 e. The van der Waals surface area contributed by atoms with E-state index in [1.54, 1.807) is 12.1 Å². The first-order valence-electron chi connectivity index (χ1n) is 10.9. The molecule has 0 radical (unpaired) electrons. The molecule has 0 unspecified atom stereocenters. The van der Waals surface area contributed by atoms with Crippen LogP contribution in [0.4, 0.5) is 9.39 Å². The quantitative estimate of drug-likeness (QED) is 0.225. The molecule has 0 aliphatic rings. The van der Waals surface area contributed by atoms with Crippen LogP contribution in [0.15, 0.2) is 46.9 Å². The average molecular weight is 548 g/mol. The third kappa shape index (κ3) is 6.24. The molecule has 0 fully saturated rings. The number of anilines is 1. The van der Waals surface area contributed by atoms with Crippen molar-refractivity contribution in [1.82, 2.24) is 0 Å². The van der Waals surface area contributed by atoms with Gasteiger partial charge in [0.15, 0.2) is 0 Å². The van der Waals surface area contributed by atoms with E-state index in [-0.39, 0.29) is 23.7 Å². The molecule has 0 saturated heterocycles. The highest BCUT2D eigenvalue weighted by atomic mass is 79.9. The molecule has 0 aliphatic heterocycles. The predicted octanol–water partition coefficient (Wildman–Crippen LogP) is 7.33. The van der Waals surface area contributed by atoms with Crippen LogP contribution >= 0.6 is 27.3 Å². The maximum Gasteiger partial charge on any atom is 0.341 e. The topological polar surface area (TPSA) is 64.6 Å². The number of benzene rings is 2. The molecule has 5 nitrogen and oxygen atoms in total. The summed E-state index contributed by atoms with van der Waals surface area (Å²) in [5.74, 6) is 0.00534. The Morgan fingerprint density at radius 2 is 1.85 bits per heavy atom. The van der Waals surface area contributed by atoms with Gasteiger partial charge in [-0.25, -0.2) is 9.18 Å². The smallest absolute Gasteiger partial charge is 0.341 e. The summed E-state index contributed by atoms with van der Waals surface area (Å²) in [6, 6.07) is 11.9. The number of thiophene rings is 1. The molecule has 0 atom stereocenters. The van der Waals surface area contributed by atoms with Crippen LogP contribution in [0.5, 0.6) is 5.75 Å². The van der Waals surface area contributed by atoms with Crippen LogP contribution in [0.3, 0.4) is 0 Å². The van der Waals surface area contributed by atoms with Gasteiger partial charge in [0.1, 0.15) is 22.1 Å². The molecule has 1 heterocycles. The van der Waals surface area contributed by atoms with Crippen molar-refractivity contribution in [2.24, 2.45) is 0 Å². The number of nitrogens with one attached hydrogen (secondary N) is 1. The van der Waals surface area contributed by atoms with Crippen molar-refractivity contribution < 1.29 is 23.5 Å². The van der Waals surface area contributed by atoms with Gasteiger partial charge in [0.25, 0.3) is 0 Å². The second kappa shape index (κ2) is 11.6. The molecule has 180 valence electrons. The molecule has 3 aromatic rings. The number of methoxy groups -OCH3 is 1. The van der Waals surface area contributed by atoms with Gasteiger partial charge in [-0.3, -0.25) is 4.79 Å². The number of rotatable bonds is 9. The summed E-state index contributed by atoms with van der Waals surface area (Å²) in [6.07, 6.45) is 0.734. The van der Waals surface area contributed by atoms with E-state index in [4.69, 9.17) is 9.47 Å². The summed E-state index contributed by atoms with van der Waals surface area (Å²) in [4.78, 5) is 26.0. The molecule has 1 aromatic heterocycles. The van der Waals surface area contributed by atoms with Crippen molar-refractivity contribution in [3.63, 3.8) is 0 Å². The van der Waals surface area contributed by atoms with Crippen molar-refractivity contribution in [3.8, 4) is 16.9 Å². The minimum atomic E-state index is -0.558. The Morgan fingerprint density at radius 1 is 1.15 bits per heavy atom. The Kier molecular flexibility index (Phi) is 8.85. The number of halogens is 2. The zero-order valence-corrected chi connectivity index (χ0v) is 21.9. The lowest BCUT2D eigenvalue weighted by molar-refractivity contribution is -0.116. The van der Waals surface area contributed by atoms with Gasteiger partial charge in [-0.2, -0.15) is 0 Å². The van der Waals surface area contributed by atoms with Crippen molar-refractivity contribution in [3.05, 3.63) is 68.8 Å². The summed E-state index contributed by atoms with van der Waals surface area (Å²) in [7, 11) is 1.29. The van der Waals surface area contributed by atoms with Gasteiger partial charge < -0.3 is 14.8 Å². The van der Waals surface area contributed by atoms with E-state index < -0.39 is 5.97 Å². The van der Waals surface area contributed by atoms with E-state index in [0.29, 0.717) is 35.1 Å². The Bertz CT molecular complexity index is 1170. The van der Waals surface area contributed by atoms with E-state index in [1.807, 2.05) is 25.1 Å². The van der Waals surface area contributed by atoms with E-state index >= 15 is 0 Å². The van der Waals surface area contributed by atoms with Crippen LogP contribution < -0.4 is 10.1 Å². The molecular weight excluding hydrogens is 521 g/mol. The van der Waals surface area contributed by atoms with Crippen molar-refractivity contribution >= 4 is 44.1 Å². The number of hydrogen-bond acceptors (Lipinski definition) is 5. The Balaban J connectivity index is 1.65. The van der Waals surface area contributed by atoms with Crippen LogP contribution in [0.1, 0.15) is 53.4 Å². The van der Waals surface area contributed by atoms with Crippen LogP contribution in [-0.4, -0.2) is 25.6 Å². The zero-order valence-electron chi connectivity index (χ0n) is 19.5. The SMILES string of the molecule is COC(=O)c1c(NC(=O)CCCOc2ccc(C(C)C)cc2Br)sc(C)c1-c1ccc(F)cc1. The molecule has 0 bridgehead atoms. The molecule has 2 aromatic carbocycles. The molecular formula is C26H27BrFNO4S. The summed E-state index contributed by atoms with van der Waals surface area (Å²) in [5, 5.41) is 3.26. The fraction of sp³-hybridized carbons (Fsp3) is 0.308. The van der Waals surface area contributed by atoms with Crippen LogP contribution in [0.25, 0.3) is 11.1 Å². The van der Waals surface area contributed by atoms with Gasteiger partial charge in [-0.1, -0.05) is 32.0 Å². The van der Waals surface area contributed by atoms with E-state index in [2.05, 4.69) is 35.1 Å². The third-order valence-corrected chi connectivity index (χ3v) is 6.93. The normalized spacial score (nSPS) is 10.9. The Morgan fingerprint density at radius 3 is 2.47 bits per heavy atom. The van der Waals surface area contributed by atoms with Gasteiger partial charge >= 0.3 is 5.97 Å². The minimum Gasteiger partial charge on any atom is -0.492 e. The Labute approximate surface area is 211 Å². The van der Waals surface area contributed by atoms with Crippen molar-refractivity contribution in [2.45, 2.75) is 39.5 Å². The molecule has 1 amide bonds. The highest BCUT2D eigenvalue weighted by Crippen LogP contribution is 2.40. The molecule has 34 heavy (non-hydrogen) atoms. The molecule has 8 heteroatoms.